The van der Waals surface area contributed by atoms with E-state index in [1.807, 2.05) is 6.92 Å². The molecule has 17 heavy (non-hydrogen) atoms. The Kier molecular flexibility index (Phi) is 7.11. The largest absolute Gasteiger partial charge is 0.493 e. The Hall–Kier alpha value is -0.840. The fourth-order valence-electron chi connectivity index (χ4n) is 1.69. The zero-order valence-corrected chi connectivity index (χ0v) is 10.8. The summed E-state index contributed by atoms with van der Waals surface area (Å²) < 4.78 is 18.4. The summed E-state index contributed by atoms with van der Waals surface area (Å²) in [5, 5.41) is 9.78. The average Bonchev–Trinajstić information content (AvgIpc) is 2.28. The minimum atomic E-state index is -0.680. The average molecular weight is 264 g/mol. The van der Waals surface area contributed by atoms with Crippen LogP contribution in [0.25, 0.3) is 0 Å². The first-order chi connectivity index (χ1) is 7.61. The van der Waals surface area contributed by atoms with E-state index in [1.54, 1.807) is 12.1 Å². The van der Waals surface area contributed by atoms with Gasteiger partial charge in [0, 0.05) is 5.56 Å². The summed E-state index contributed by atoms with van der Waals surface area (Å²) in [6.45, 7) is 1.96. The van der Waals surface area contributed by atoms with Crippen LogP contribution in [0.2, 0.25) is 0 Å². The van der Waals surface area contributed by atoms with E-state index < -0.39 is 18.0 Å². The third-order valence-corrected chi connectivity index (χ3v) is 2.56. The van der Waals surface area contributed by atoms with Crippen molar-refractivity contribution in [2.75, 3.05) is 7.11 Å². The summed E-state index contributed by atoms with van der Waals surface area (Å²) in [7, 11) is 1.39. The fraction of sp³-hybridized carbons (Fsp3) is 0.500. The van der Waals surface area contributed by atoms with Crippen molar-refractivity contribution >= 4 is 12.4 Å². The SMILES string of the molecule is CCC[C@H](O)[C@H](N)c1cccc(F)c1OC.Cl. The zero-order valence-electron chi connectivity index (χ0n) is 10.0. The van der Waals surface area contributed by atoms with Crippen LogP contribution in [0.5, 0.6) is 5.75 Å². The molecule has 0 aromatic heterocycles. The van der Waals surface area contributed by atoms with E-state index >= 15 is 0 Å². The second-order valence-corrected chi connectivity index (χ2v) is 3.74. The van der Waals surface area contributed by atoms with E-state index in [-0.39, 0.29) is 18.2 Å². The Morgan fingerprint density at radius 1 is 1.47 bits per heavy atom. The van der Waals surface area contributed by atoms with Crippen LogP contribution in [0, 0.1) is 5.82 Å². The van der Waals surface area contributed by atoms with E-state index in [1.165, 1.54) is 13.2 Å². The van der Waals surface area contributed by atoms with Gasteiger partial charge in [-0.05, 0) is 12.5 Å². The zero-order chi connectivity index (χ0) is 12.1. The Balaban J connectivity index is 0.00000256. The van der Waals surface area contributed by atoms with Gasteiger partial charge in [-0.1, -0.05) is 25.5 Å². The highest BCUT2D eigenvalue weighted by Crippen LogP contribution is 2.29. The molecule has 0 aliphatic rings. The van der Waals surface area contributed by atoms with E-state index in [2.05, 4.69) is 0 Å². The Bertz CT molecular complexity index is 349. The molecule has 2 atom stereocenters. The van der Waals surface area contributed by atoms with E-state index in [9.17, 15) is 9.50 Å². The number of hydrogen-bond acceptors (Lipinski definition) is 3. The first kappa shape index (κ1) is 16.2. The highest BCUT2D eigenvalue weighted by atomic mass is 35.5. The third-order valence-electron chi connectivity index (χ3n) is 2.56. The van der Waals surface area contributed by atoms with Crippen molar-refractivity contribution in [2.45, 2.75) is 31.9 Å². The normalized spacial score (nSPS) is 13.7. The molecule has 0 fully saturated rings. The van der Waals surface area contributed by atoms with E-state index in [0.29, 0.717) is 12.0 Å². The number of aliphatic hydroxyl groups excluding tert-OH is 1. The van der Waals surface area contributed by atoms with Crippen molar-refractivity contribution in [3.05, 3.63) is 29.6 Å². The number of hydrogen-bond donors (Lipinski definition) is 2. The van der Waals surface area contributed by atoms with Gasteiger partial charge in [0.2, 0.25) is 0 Å². The molecule has 0 saturated carbocycles. The van der Waals surface area contributed by atoms with Crippen LogP contribution in [0.3, 0.4) is 0 Å². The monoisotopic (exact) mass is 263 g/mol. The van der Waals surface area contributed by atoms with Crippen LogP contribution in [0.15, 0.2) is 18.2 Å². The molecule has 0 radical (unpaired) electrons. The molecule has 3 nitrogen and oxygen atoms in total. The maximum Gasteiger partial charge on any atom is 0.165 e. The highest BCUT2D eigenvalue weighted by Gasteiger charge is 2.21. The number of halogens is 2. The summed E-state index contributed by atoms with van der Waals surface area (Å²) in [5.41, 5.74) is 6.38. The van der Waals surface area contributed by atoms with Crippen LogP contribution in [-0.2, 0) is 0 Å². The number of ether oxygens (including phenoxy) is 1. The summed E-state index contributed by atoms with van der Waals surface area (Å²) in [6, 6.07) is 3.92. The van der Waals surface area contributed by atoms with Crippen molar-refractivity contribution in [1.82, 2.24) is 0 Å². The summed E-state index contributed by atoms with van der Waals surface area (Å²) >= 11 is 0. The molecule has 0 amide bonds. The lowest BCUT2D eigenvalue weighted by molar-refractivity contribution is 0.133. The van der Waals surface area contributed by atoms with Crippen LogP contribution in [0.4, 0.5) is 4.39 Å². The predicted octanol–water partition coefficient (Wildman–Crippen LogP) is 2.42. The molecular weight excluding hydrogens is 245 g/mol. The maximum atomic E-state index is 13.4. The van der Waals surface area contributed by atoms with Gasteiger partial charge in [0.05, 0.1) is 19.3 Å². The standard InChI is InChI=1S/C12H18FNO2.ClH/c1-3-5-10(15)11(14)8-6-4-7-9(13)12(8)16-2;/h4,6-7,10-11,15H,3,5,14H2,1-2H3;1H/t10-,11+;/m0./s1. The third kappa shape index (κ3) is 3.84. The molecular formula is C12H19ClFNO2. The lowest BCUT2D eigenvalue weighted by Gasteiger charge is -2.20. The van der Waals surface area contributed by atoms with Crippen molar-refractivity contribution in [1.29, 1.82) is 0 Å². The second kappa shape index (κ2) is 7.48. The Labute approximate surface area is 107 Å². The first-order valence-electron chi connectivity index (χ1n) is 5.37. The molecule has 5 heteroatoms. The van der Waals surface area contributed by atoms with Gasteiger partial charge >= 0.3 is 0 Å². The molecule has 0 heterocycles. The van der Waals surface area contributed by atoms with Crippen molar-refractivity contribution in [3.63, 3.8) is 0 Å². The molecule has 0 bridgehead atoms. The molecule has 3 N–H and O–H groups in total. The smallest absolute Gasteiger partial charge is 0.165 e. The quantitative estimate of drug-likeness (QED) is 0.858. The molecule has 0 spiro atoms. The van der Waals surface area contributed by atoms with Crippen molar-refractivity contribution < 1.29 is 14.2 Å². The summed E-state index contributed by atoms with van der Waals surface area (Å²) in [5.74, 6) is -0.343. The fourth-order valence-corrected chi connectivity index (χ4v) is 1.69. The number of para-hydroxylation sites is 1. The molecule has 1 rings (SSSR count). The van der Waals surface area contributed by atoms with E-state index in [4.69, 9.17) is 10.5 Å². The summed E-state index contributed by atoms with van der Waals surface area (Å²) in [6.07, 6.45) is 0.730. The Morgan fingerprint density at radius 2 is 2.12 bits per heavy atom. The molecule has 1 aromatic rings. The van der Waals surface area contributed by atoms with Gasteiger partial charge in [-0.25, -0.2) is 4.39 Å². The van der Waals surface area contributed by atoms with Crippen LogP contribution < -0.4 is 10.5 Å². The molecule has 0 aliphatic carbocycles. The lowest BCUT2D eigenvalue weighted by Crippen LogP contribution is -2.26. The first-order valence-corrected chi connectivity index (χ1v) is 5.37. The predicted molar refractivity (Wildman–Crippen MR) is 68.0 cm³/mol. The van der Waals surface area contributed by atoms with Gasteiger partial charge in [0.25, 0.3) is 0 Å². The van der Waals surface area contributed by atoms with Gasteiger partial charge in [0.15, 0.2) is 11.6 Å². The molecule has 0 aliphatic heterocycles. The molecule has 98 valence electrons. The number of aliphatic hydroxyl groups is 1. The number of methoxy groups -OCH3 is 1. The van der Waals surface area contributed by atoms with Gasteiger partial charge in [0.1, 0.15) is 0 Å². The van der Waals surface area contributed by atoms with E-state index in [0.717, 1.165) is 6.42 Å². The van der Waals surface area contributed by atoms with Crippen molar-refractivity contribution in [2.24, 2.45) is 5.73 Å². The van der Waals surface area contributed by atoms with Crippen LogP contribution >= 0.6 is 12.4 Å². The maximum absolute atomic E-state index is 13.4. The second-order valence-electron chi connectivity index (χ2n) is 3.74. The summed E-state index contributed by atoms with van der Waals surface area (Å²) in [4.78, 5) is 0. The van der Waals surface area contributed by atoms with Gasteiger partial charge in [-0.2, -0.15) is 0 Å². The lowest BCUT2D eigenvalue weighted by atomic mass is 9.98. The van der Waals surface area contributed by atoms with Crippen molar-refractivity contribution in [3.8, 4) is 5.75 Å². The highest BCUT2D eigenvalue weighted by molar-refractivity contribution is 5.85. The number of rotatable bonds is 5. The Morgan fingerprint density at radius 3 is 2.65 bits per heavy atom. The topological polar surface area (TPSA) is 55.5 Å². The molecule has 0 unspecified atom stereocenters. The van der Waals surface area contributed by atoms with Crippen LogP contribution in [0.1, 0.15) is 31.4 Å². The minimum absolute atomic E-state index is 0. The van der Waals surface area contributed by atoms with Gasteiger partial charge in [-0.3, -0.25) is 0 Å². The van der Waals surface area contributed by atoms with Gasteiger partial charge < -0.3 is 15.6 Å². The van der Waals surface area contributed by atoms with Gasteiger partial charge in [-0.15, -0.1) is 12.4 Å². The molecule has 0 saturated heterocycles. The number of benzene rings is 1. The minimum Gasteiger partial charge on any atom is -0.493 e. The molecule has 1 aromatic carbocycles. The van der Waals surface area contributed by atoms with Crippen LogP contribution in [-0.4, -0.2) is 18.3 Å². The number of nitrogens with two attached hydrogens (primary N) is 1.